The lowest BCUT2D eigenvalue weighted by Crippen LogP contribution is -2.31. The topological polar surface area (TPSA) is 81.4 Å². The molecule has 2 atom stereocenters. The van der Waals surface area contributed by atoms with E-state index in [1.807, 2.05) is 0 Å². The number of nitrogens with one attached hydrogen (secondary N) is 1. The first kappa shape index (κ1) is 14.2. The third kappa shape index (κ3) is 3.47. The van der Waals surface area contributed by atoms with Crippen LogP contribution in [0, 0.1) is 11.8 Å². The van der Waals surface area contributed by atoms with Crippen LogP contribution in [0.4, 0.5) is 5.95 Å². The van der Waals surface area contributed by atoms with Gasteiger partial charge in [-0.1, -0.05) is 13.8 Å². The van der Waals surface area contributed by atoms with Crippen LogP contribution in [0.2, 0.25) is 5.28 Å². The molecular formula is C13H18ClN7. The van der Waals surface area contributed by atoms with Gasteiger partial charge in [0.25, 0.3) is 5.95 Å². The quantitative estimate of drug-likeness (QED) is 0.937. The zero-order valence-corrected chi connectivity index (χ0v) is 12.8. The second kappa shape index (κ2) is 5.93. The van der Waals surface area contributed by atoms with Gasteiger partial charge in [-0.3, -0.25) is 0 Å². The van der Waals surface area contributed by atoms with Gasteiger partial charge in [-0.15, -0.1) is 0 Å². The number of aromatic nitrogens is 6. The summed E-state index contributed by atoms with van der Waals surface area (Å²) in [4.78, 5) is 16.5. The molecule has 1 saturated carbocycles. The zero-order chi connectivity index (χ0) is 14.8. The smallest absolute Gasteiger partial charge is 0.258 e. The van der Waals surface area contributed by atoms with Gasteiger partial charge in [-0.05, 0) is 42.7 Å². The molecule has 0 saturated heterocycles. The molecule has 21 heavy (non-hydrogen) atoms. The van der Waals surface area contributed by atoms with Crippen LogP contribution in [0.5, 0.6) is 0 Å². The molecular weight excluding hydrogens is 290 g/mol. The Morgan fingerprint density at radius 1 is 1.14 bits per heavy atom. The zero-order valence-electron chi connectivity index (χ0n) is 12.1. The summed E-state index contributed by atoms with van der Waals surface area (Å²) in [6.07, 6.45) is 6.47. The minimum atomic E-state index is 0.148. The van der Waals surface area contributed by atoms with Gasteiger partial charge in [-0.25, -0.2) is 4.98 Å². The molecule has 112 valence electrons. The Labute approximate surface area is 128 Å². The molecule has 0 bridgehead atoms. The molecule has 7 nitrogen and oxygen atoms in total. The van der Waals surface area contributed by atoms with Crippen LogP contribution >= 0.6 is 11.6 Å². The number of anilines is 1. The molecule has 8 heteroatoms. The molecule has 2 aromatic heterocycles. The Morgan fingerprint density at radius 3 is 2.57 bits per heavy atom. The molecule has 1 fully saturated rings. The summed E-state index contributed by atoms with van der Waals surface area (Å²) in [5.74, 6) is 2.27. The van der Waals surface area contributed by atoms with Crippen molar-refractivity contribution in [2.45, 2.75) is 39.2 Å². The van der Waals surface area contributed by atoms with Crippen LogP contribution < -0.4 is 5.32 Å². The molecule has 3 rings (SSSR count). The summed E-state index contributed by atoms with van der Waals surface area (Å²) in [7, 11) is 0. The van der Waals surface area contributed by atoms with Crippen molar-refractivity contribution in [2.24, 2.45) is 11.8 Å². The van der Waals surface area contributed by atoms with Crippen LogP contribution in [0.1, 0.15) is 33.1 Å². The van der Waals surface area contributed by atoms with Gasteiger partial charge in [0.15, 0.2) is 0 Å². The fraction of sp³-hybridized carbons (Fsp3) is 0.615. The Balaban J connectivity index is 1.79. The van der Waals surface area contributed by atoms with Crippen LogP contribution in [-0.2, 0) is 0 Å². The van der Waals surface area contributed by atoms with Gasteiger partial charge in [-0.2, -0.15) is 24.7 Å². The Hall–Kier alpha value is -1.76. The first-order valence-corrected chi connectivity index (χ1v) is 7.51. The molecule has 2 unspecified atom stereocenters. The number of rotatable bonds is 3. The van der Waals surface area contributed by atoms with E-state index in [9.17, 15) is 0 Å². The van der Waals surface area contributed by atoms with Gasteiger partial charge in [0.05, 0.1) is 0 Å². The number of hydrogen-bond donors (Lipinski definition) is 1. The standard InChI is InChI=1S/C13H18ClN7/c1-8-3-9(2)5-10(4-8)17-12-18-11(14)19-13(20-12)21-7-15-6-16-21/h6-10H,3-5H2,1-2H3,(H,17,18,19,20). The largest absolute Gasteiger partial charge is 0.351 e. The summed E-state index contributed by atoms with van der Waals surface area (Å²) in [5, 5.41) is 7.53. The highest BCUT2D eigenvalue weighted by atomic mass is 35.5. The van der Waals surface area contributed by atoms with E-state index in [0.717, 1.165) is 12.8 Å². The number of halogens is 1. The average molecular weight is 308 g/mol. The van der Waals surface area contributed by atoms with Crippen LogP contribution in [0.25, 0.3) is 5.95 Å². The molecule has 0 radical (unpaired) electrons. The fourth-order valence-corrected chi connectivity index (χ4v) is 3.22. The van der Waals surface area contributed by atoms with E-state index >= 15 is 0 Å². The maximum Gasteiger partial charge on any atom is 0.258 e. The summed E-state index contributed by atoms with van der Waals surface area (Å²) in [6, 6.07) is 0.366. The Bertz CT molecular complexity index is 591. The molecule has 2 aromatic rings. The predicted octanol–water partition coefficient (Wildman–Crippen LogP) is 2.34. The number of nitrogens with zero attached hydrogens (tertiary/aromatic N) is 6. The summed E-state index contributed by atoms with van der Waals surface area (Å²) in [5.41, 5.74) is 0. The predicted molar refractivity (Wildman–Crippen MR) is 79.3 cm³/mol. The van der Waals surface area contributed by atoms with Crippen molar-refractivity contribution in [3.63, 3.8) is 0 Å². The maximum absolute atomic E-state index is 5.98. The lowest BCUT2D eigenvalue weighted by atomic mass is 9.80. The molecule has 0 aromatic carbocycles. The molecule has 0 aliphatic heterocycles. The lowest BCUT2D eigenvalue weighted by Gasteiger charge is -2.31. The van der Waals surface area contributed by atoms with Crippen LogP contribution in [0.15, 0.2) is 12.7 Å². The molecule has 1 aliphatic rings. The van der Waals surface area contributed by atoms with Crippen molar-refractivity contribution in [3.05, 3.63) is 17.9 Å². The van der Waals surface area contributed by atoms with Crippen molar-refractivity contribution in [1.82, 2.24) is 29.7 Å². The van der Waals surface area contributed by atoms with Gasteiger partial charge in [0.2, 0.25) is 11.2 Å². The van der Waals surface area contributed by atoms with Gasteiger partial charge >= 0.3 is 0 Å². The van der Waals surface area contributed by atoms with E-state index in [1.165, 1.54) is 23.8 Å². The van der Waals surface area contributed by atoms with E-state index in [0.29, 0.717) is 29.8 Å². The van der Waals surface area contributed by atoms with Crippen molar-refractivity contribution in [1.29, 1.82) is 0 Å². The van der Waals surface area contributed by atoms with E-state index in [2.05, 4.69) is 44.2 Å². The first-order chi connectivity index (χ1) is 10.1. The summed E-state index contributed by atoms with van der Waals surface area (Å²) in [6.45, 7) is 4.57. The van der Waals surface area contributed by atoms with Gasteiger partial charge in [0, 0.05) is 6.04 Å². The molecule has 2 heterocycles. The Kier molecular flexibility index (Phi) is 4.01. The third-order valence-electron chi connectivity index (χ3n) is 3.73. The summed E-state index contributed by atoms with van der Waals surface area (Å²) < 4.78 is 1.46. The normalized spacial score (nSPS) is 25.8. The lowest BCUT2D eigenvalue weighted by molar-refractivity contribution is 0.280. The maximum atomic E-state index is 5.98. The van der Waals surface area contributed by atoms with Crippen molar-refractivity contribution in [3.8, 4) is 5.95 Å². The molecule has 0 spiro atoms. The van der Waals surface area contributed by atoms with Crippen molar-refractivity contribution >= 4 is 17.5 Å². The second-order valence-corrected chi connectivity index (χ2v) is 6.16. The fourth-order valence-electron chi connectivity index (χ4n) is 3.07. The SMILES string of the molecule is CC1CC(C)CC(Nc2nc(Cl)nc(-n3cncn3)n2)C1. The molecule has 0 amide bonds. The third-order valence-corrected chi connectivity index (χ3v) is 3.90. The highest BCUT2D eigenvalue weighted by Crippen LogP contribution is 2.30. The minimum Gasteiger partial charge on any atom is -0.351 e. The second-order valence-electron chi connectivity index (χ2n) is 5.83. The monoisotopic (exact) mass is 307 g/mol. The van der Waals surface area contributed by atoms with Gasteiger partial charge in [0.1, 0.15) is 12.7 Å². The Morgan fingerprint density at radius 2 is 1.90 bits per heavy atom. The molecule has 1 N–H and O–H groups in total. The highest BCUT2D eigenvalue weighted by Gasteiger charge is 2.24. The van der Waals surface area contributed by atoms with E-state index in [1.54, 1.807) is 0 Å². The average Bonchev–Trinajstić information content (AvgIpc) is 2.90. The van der Waals surface area contributed by atoms with Crippen LogP contribution in [-0.4, -0.2) is 35.8 Å². The van der Waals surface area contributed by atoms with Crippen LogP contribution in [0.3, 0.4) is 0 Å². The summed E-state index contributed by atoms with van der Waals surface area (Å²) >= 11 is 5.98. The highest BCUT2D eigenvalue weighted by molar-refractivity contribution is 6.28. The van der Waals surface area contributed by atoms with Crippen molar-refractivity contribution < 1.29 is 0 Å². The van der Waals surface area contributed by atoms with Gasteiger partial charge < -0.3 is 5.32 Å². The van der Waals surface area contributed by atoms with Crippen molar-refractivity contribution in [2.75, 3.05) is 5.32 Å². The minimum absolute atomic E-state index is 0.148. The van der Waals surface area contributed by atoms with E-state index < -0.39 is 0 Å². The van der Waals surface area contributed by atoms with E-state index in [-0.39, 0.29) is 5.28 Å². The first-order valence-electron chi connectivity index (χ1n) is 7.13. The number of hydrogen-bond acceptors (Lipinski definition) is 6. The molecule has 1 aliphatic carbocycles. The van der Waals surface area contributed by atoms with E-state index in [4.69, 9.17) is 11.6 Å².